The van der Waals surface area contributed by atoms with Crippen LogP contribution in [0.2, 0.25) is 0 Å². The van der Waals surface area contributed by atoms with Gasteiger partial charge >= 0.3 is 5.97 Å². The van der Waals surface area contributed by atoms with Crippen LogP contribution in [0.5, 0.6) is 0 Å². The highest BCUT2D eigenvalue weighted by atomic mass is 32.2. The van der Waals surface area contributed by atoms with Crippen LogP contribution in [0.25, 0.3) is 0 Å². The summed E-state index contributed by atoms with van der Waals surface area (Å²) >= 11 is 1.96. The number of carbonyl (C=O) groups excluding carboxylic acids is 1. The number of carbonyl (C=O) groups is 1. The third-order valence-electron chi connectivity index (χ3n) is 3.80. The number of hydrogen-bond acceptors (Lipinski definition) is 4. The topological polar surface area (TPSA) is 35.5 Å². The van der Waals surface area contributed by atoms with E-state index in [2.05, 4.69) is 12.1 Å². The summed E-state index contributed by atoms with van der Waals surface area (Å²) in [6.07, 6.45) is 2.84. The molecule has 1 aliphatic rings. The van der Waals surface area contributed by atoms with Gasteiger partial charge in [-0.25, -0.2) is 0 Å². The molecule has 2 atom stereocenters. The lowest BCUT2D eigenvalue weighted by Crippen LogP contribution is -2.32. The van der Waals surface area contributed by atoms with Gasteiger partial charge in [0.15, 0.2) is 0 Å². The average Bonchev–Trinajstić information content (AvgIpc) is 2.51. The Morgan fingerprint density at radius 2 is 2.00 bits per heavy atom. The van der Waals surface area contributed by atoms with E-state index in [0.29, 0.717) is 11.9 Å². The van der Waals surface area contributed by atoms with Gasteiger partial charge in [0.25, 0.3) is 0 Å². The predicted molar refractivity (Wildman–Crippen MR) is 95.5 cm³/mol. The summed E-state index contributed by atoms with van der Waals surface area (Å²) in [4.78, 5) is 12.2. The maximum Gasteiger partial charge on any atom is 0.309 e. The minimum absolute atomic E-state index is 0.0343. The van der Waals surface area contributed by atoms with Gasteiger partial charge in [-0.1, -0.05) is 30.3 Å². The van der Waals surface area contributed by atoms with E-state index < -0.39 is 5.60 Å². The Kier molecular flexibility index (Phi) is 6.97. The van der Waals surface area contributed by atoms with E-state index >= 15 is 0 Å². The molecule has 1 saturated heterocycles. The molecule has 0 aromatic heterocycles. The summed E-state index contributed by atoms with van der Waals surface area (Å²) in [5, 5.41) is 0.497. The van der Waals surface area contributed by atoms with Gasteiger partial charge in [0.2, 0.25) is 0 Å². The summed E-state index contributed by atoms with van der Waals surface area (Å²) in [5.74, 6) is 1.05. The van der Waals surface area contributed by atoms with Crippen LogP contribution in [-0.2, 0) is 20.9 Å². The molecule has 0 amide bonds. The second-order valence-electron chi connectivity index (χ2n) is 7.07. The molecule has 0 spiro atoms. The maximum atomic E-state index is 12.2. The van der Waals surface area contributed by atoms with E-state index in [9.17, 15) is 4.79 Å². The summed E-state index contributed by atoms with van der Waals surface area (Å²) in [5.41, 5.74) is 0.811. The van der Waals surface area contributed by atoms with Crippen LogP contribution in [0, 0.1) is 5.92 Å². The number of esters is 1. The molecule has 2 unspecified atom stereocenters. The van der Waals surface area contributed by atoms with Crippen LogP contribution in [-0.4, -0.2) is 29.2 Å². The van der Waals surface area contributed by atoms with Gasteiger partial charge in [-0.05, 0) is 51.3 Å². The lowest BCUT2D eigenvalue weighted by Gasteiger charge is -2.30. The van der Waals surface area contributed by atoms with Gasteiger partial charge in [-0.3, -0.25) is 4.79 Å². The second kappa shape index (κ2) is 8.74. The van der Waals surface area contributed by atoms with E-state index in [1.807, 2.05) is 50.7 Å². The molecule has 3 nitrogen and oxygen atoms in total. The minimum atomic E-state index is -0.393. The van der Waals surface area contributed by atoms with Crippen molar-refractivity contribution in [3.63, 3.8) is 0 Å². The molecular weight excluding hydrogens is 308 g/mol. The van der Waals surface area contributed by atoms with Crippen LogP contribution in [0.1, 0.15) is 45.6 Å². The number of hydrogen-bond donors (Lipinski definition) is 0. The number of thioether (sulfide) groups is 1. The Hall–Kier alpha value is -1.00. The fourth-order valence-corrected chi connectivity index (χ4v) is 4.04. The van der Waals surface area contributed by atoms with Crippen molar-refractivity contribution in [1.82, 2.24) is 0 Å². The summed E-state index contributed by atoms with van der Waals surface area (Å²) in [6, 6.07) is 10.2. The third-order valence-corrected chi connectivity index (χ3v) is 5.17. The van der Waals surface area contributed by atoms with Gasteiger partial charge in [0, 0.05) is 11.9 Å². The molecule has 0 radical (unpaired) electrons. The molecule has 1 aliphatic heterocycles. The monoisotopic (exact) mass is 336 g/mol. The van der Waals surface area contributed by atoms with Gasteiger partial charge < -0.3 is 9.47 Å². The largest absolute Gasteiger partial charge is 0.460 e. The molecule has 0 bridgehead atoms. The summed E-state index contributed by atoms with van der Waals surface area (Å²) < 4.78 is 11.3. The molecule has 1 heterocycles. The van der Waals surface area contributed by atoms with Crippen LogP contribution in [0.3, 0.4) is 0 Å². The smallest absolute Gasteiger partial charge is 0.309 e. The third kappa shape index (κ3) is 6.96. The van der Waals surface area contributed by atoms with E-state index in [4.69, 9.17) is 9.47 Å². The molecule has 2 rings (SSSR count). The Bertz CT molecular complexity index is 481. The lowest BCUT2D eigenvalue weighted by molar-refractivity contribution is -0.160. The number of rotatable bonds is 6. The zero-order chi connectivity index (χ0) is 16.7. The molecule has 4 heteroatoms. The highest BCUT2D eigenvalue weighted by Crippen LogP contribution is 2.33. The standard InChI is InChI=1S/C19H28O3S/c1-19(2,3)22-18(20)16-10-12-23-17(13-16)9-11-21-14-15-7-5-4-6-8-15/h4-8,16-17H,9-14H2,1-3H3. The van der Waals surface area contributed by atoms with Crippen molar-refractivity contribution < 1.29 is 14.3 Å². The average molecular weight is 336 g/mol. The van der Waals surface area contributed by atoms with Crippen LogP contribution in [0.15, 0.2) is 30.3 Å². The Labute approximate surface area is 144 Å². The van der Waals surface area contributed by atoms with Crippen molar-refractivity contribution >= 4 is 17.7 Å². The van der Waals surface area contributed by atoms with E-state index in [-0.39, 0.29) is 11.9 Å². The molecule has 1 aromatic rings. The zero-order valence-corrected chi connectivity index (χ0v) is 15.2. The summed E-state index contributed by atoms with van der Waals surface area (Å²) in [6.45, 7) is 7.19. The van der Waals surface area contributed by atoms with Crippen molar-refractivity contribution in [3.8, 4) is 0 Å². The normalized spacial score (nSPS) is 21.9. The quantitative estimate of drug-likeness (QED) is 0.568. The fourth-order valence-electron chi connectivity index (χ4n) is 2.66. The Balaban J connectivity index is 1.68. The first-order valence-corrected chi connectivity index (χ1v) is 9.45. The molecule has 0 N–H and O–H groups in total. The minimum Gasteiger partial charge on any atom is -0.460 e. The van der Waals surface area contributed by atoms with Crippen molar-refractivity contribution in [2.45, 2.75) is 57.5 Å². The summed E-state index contributed by atoms with van der Waals surface area (Å²) in [7, 11) is 0. The number of ether oxygens (including phenoxy) is 2. The van der Waals surface area contributed by atoms with Gasteiger partial charge in [-0.2, -0.15) is 11.8 Å². The predicted octanol–water partition coefficient (Wildman–Crippen LogP) is 4.45. The van der Waals surface area contributed by atoms with Gasteiger partial charge in [-0.15, -0.1) is 0 Å². The van der Waals surface area contributed by atoms with Crippen molar-refractivity contribution in [3.05, 3.63) is 35.9 Å². The molecule has 23 heavy (non-hydrogen) atoms. The lowest BCUT2D eigenvalue weighted by atomic mass is 9.98. The fraction of sp³-hybridized carbons (Fsp3) is 0.632. The molecule has 0 saturated carbocycles. The SMILES string of the molecule is CC(C)(C)OC(=O)C1CCSC(CCOCc2ccccc2)C1. The van der Waals surface area contributed by atoms with Crippen LogP contribution >= 0.6 is 11.8 Å². The zero-order valence-electron chi connectivity index (χ0n) is 14.4. The Morgan fingerprint density at radius 1 is 1.26 bits per heavy atom. The second-order valence-corrected chi connectivity index (χ2v) is 8.48. The molecule has 1 aromatic carbocycles. The first-order valence-electron chi connectivity index (χ1n) is 8.40. The van der Waals surface area contributed by atoms with Crippen molar-refractivity contribution in [1.29, 1.82) is 0 Å². The van der Waals surface area contributed by atoms with Crippen molar-refractivity contribution in [2.24, 2.45) is 5.92 Å². The van der Waals surface area contributed by atoms with Gasteiger partial charge in [0.05, 0.1) is 12.5 Å². The molecule has 0 aliphatic carbocycles. The van der Waals surface area contributed by atoms with E-state index in [1.54, 1.807) is 0 Å². The molecular formula is C19H28O3S. The first kappa shape index (κ1) is 18.3. The van der Waals surface area contributed by atoms with Gasteiger partial charge in [0.1, 0.15) is 5.60 Å². The highest BCUT2D eigenvalue weighted by molar-refractivity contribution is 7.99. The highest BCUT2D eigenvalue weighted by Gasteiger charge is 2.30. The van der Waals surface area contributed by atoms with Crippen LogP contribution in [0.4, 0.5) is 0 Å². The van der Waals surface area contributed by atoms with E-state index in [0.717, 1.165) is 31.6 Å². The number of benzene rings is 1. The maximum absolute atomic E-state index is 12.2. The van der Waals surface area contributed by atoms with Crippen molar-refractivity contribution in [2.75, 3.05) is 12.4 Å². The van der Waals surface area contributed by atoms with E-state index in [1.165, 1.54) is 5.56 Å². The molecule has 1 fully saturated rings. The first-order chi connectivity index (χ1) is 10.9. The Morgan fingerprint density at radius 3 is 2.70 bits per heavy atom. The molecule has 128 valence electrons. The van der Waals surface area contributed by atoms with Crippen LogP contribution < -0.4 is 0 Å².